The summed E-state index contributed by atoms with van der Waals surface area (Å²) in [6.07, 6.45) is 0.844. The molecule has 0 radical (unpaired) electrons. The zero-order chi connectivity index (χ0) is 22.0. The number of hydrogen-bond acceptors (Lipinski definition) is 3. The first kappa shape index (κ1) is 20.7. The predicted octanol–water partition coefficient (Wildman–Crippen LogP) is 4.19. The molecule has 0 atom stereocenters. The molecule has 0 aliphatic carbocycles. The molecule has 0 spiro atoms. The first-order valence-corrected chi connectivity index (χ1v) is 10.5. The van der Waals surface area contributed by atoms with Crippen LogP contribution < -0.4 is 15.1 Å². The maximum absolute atomic E-state index is 13.0. The maximum Gasteiger partial charge on any atom is 0.258 e. The zero-order valence-electron chi connectivity index (χ0n) is 18.2. The first-order chi connectivity index (χ1) is 14.9. The van der Waals surface area contributed by atoms with Gasteiger partial charge in [0.1, 0.15) is 0 Å². The van der Waals surface area contributed by atoms with Crippen molar-refractivity contribution < 1.29 is 9.59 Å². The number of fused-ring (bicyclic) bond motifs is 1. The summed E-state index contributed by atoms with van der Waals surface area (Å²) in [7, 11) is 3.90. The normalized spacial score (nSPS) is 12.4. The Morgan fingerprint density at radius 2 is 1.74 bits per heavy atom. The summed E-state index contributed by atoms with van der Waals surface area (Å²) in [4.78, 5) is 29.4. The number of nitrogens with zero attached hydrogens (tertiary/aromatic N) is 2. The molecule has 2 amide bonds. The lowest BCUT2D eigenvalue weighted by atomic mass is 10.1. The van der Waals surface area contributed by atoms with Crippen molar-refractivity contribution in [3.63, 3.8) is 0 Å². The number of hydrogen-bond donors (Lipinski definition) is 1. The van der Waals surface area contributed by atoms with Crippen LogP contribution in [0.4, 0.5) is 11.4 Å². The fourth-order valence-corrected chi connectivity index (χ4v) is 3.81. The number of rotatable bonds is 5. The Kier molecular flexibility index (Phi) is 5.76. The van der Waals surface area contributed by atoms with E-state index in [-0.39, 0.29) is 11.8 Å². The SMILES string of the molecule is Cc1ccc(C(=O)N2CCc3ccc(CNC(=O)c4cccc(N(C)C)c4)cc32)cc1. The van der Waals surface area contributed by atoms with Crippen LogP contribution in [-0.4, -0.2) is 32.5 Å². The summed E-state index contributed by atoms with van der Waals surface area (Å²) in [6, 6.07) is 21.3. The Balaban J connectivity index is 1.47. The molecule has 5 nitrogen and oxygen atoms in total. The Hall–Kier alpha value is -3.60. The third kappa shape index (κ3) is 4.45. The lowest BCUT2D eigenvalue weighted by Crippen LogP contribution is -2.29. The van der Waals surface area contributed by atoms with Crippen LogP contribution in [0.2, 0.25) is 0 Å². The molecule has 0 saturated heterocycles. The first-order valence-electron chi connectivity index (χ1n) is 10.5. The number of carbonyl (C=O) groups is 2. The number of aryl methyl sites for hydroxylation is 1. The molecule has 5 heteroatoms. The van der Waals surface area contributed by atoms with E-state index in [1.54, 1.807) is 0 Å². The molecule has 0 aromatic heterocycles. The van der Waals surface area contributed by atoms with Crippen molar-refractivity contribution in [3.8, 4) is 0 Å². The average Bonchev–Trinajstić information content (AvgIpc) is 3.20. The van der Waals surface area contributed by atoms with Crippen molar-refractivity contribution in [1.29, 1.82) is 0 Å². The van der Waals surface area contributed by atoms with E-state index in [0.717, 1.165) is 34.5 Å². The fraction of sp³-hybridized carbons (Fsp3) is 0.231. The van der Waals surface area contributed by atoms with Crippen molar-refractivity contribution in [2.75, 3.05) is 30.4 Å². The van der Waals surface area contributed by atoms with Gasteiger partial charge in [0.2, 0.25) is 0 Å². The second-order valence-electron chi connectivity index (χ2n) is 8.16. The molecule has 1 aliphatic rings. The van der Waals surface area contributed by atoms with Crippen molar-refractivity contribution in [2.45, 2.75) is 19.9 Å². The summed E-state index contributed by atoms with van der Waals surface area (Å²) in [5.41, 5.74) is 6.50. The molecule has 0 saturated carbocycles. The highest BCUT2D eigenvalue weighted by Gasteiger charge is 2.25. The number of nitrogens with one attached hydrogen (secondary N) is 1. The van der Waals surface area contributed by atoms with Crippen LogP contribution in [0.3, 0.4) is 0 Å². The van der Waals surface area contributed by atoms with Crippen molar-refractivity contribution in [1.82, 2.24) is 5.32 Å². The molecule has 1 aliphatic heterocycles. The Morgan fingerprint density at radius 1 is 0.968 bits per heavy atom. The van der Waals surface area contributed by atoms with Crippen molar-refractivity contribution in [2.24, 2.45) is 0 Å². The second kappa shape index (κ2) is 8.64. The fourth-order valence-electron chi connectivity index (χ4n) is 3.81. The molecule has 0 fully saturated rings. The van der Waals surface area contributed by atoms with Crippen LogP contribution in [-0.2, 0) is 13.0 Å². The van der Waals surface area contributed by atoms with Crippen molar-refractivity contribution in [3.05, 3.63) is 94.5 Å². The monoisotopic (exact) mass is 413 g/mol. The molecule has 158 valence electrons. The van der Waals surface area contributed by atoms with Gasteiger partial charge in [-0.25, -0.2) is 0 Å². The highest BCUT2D eigenvalue weighted by molar-refractivity contribution is 6.07. The van der Waals surface area contributed by atoms with Gasteiger partial charge < -0.3 is 15.1 Å². The second-order valence-corrected chi connectivity index (χ2v) is 8.16. The third-order valence-corrected chi connectivity index (χ3v) is 5.67. The van der Waals surface area contributed by atoms with Crippen LogP contribution in [0.25, 0.3) is 0 Å². The minimum Gasteiger partial charge on any atom is -0.378 e. The summed E-state index contributed by atoms with van der Waals surface area (Å²) in [5.74, 6) is -0.0998. The average molecular weight is 414 g/mol. The van der Waals surface area contributed by atoms with Crippen LogP contribution in [0, 0.1) is 6.92 Å². The topological polar surface area (TPSA) is 52.7 Å². The highest BCUT2D eigenvalue weighted by Crippen LogP contribution is 2.30. The van der Waals surface area contributed by atoms with Gasteiger partial charge in [0, 0.05) is 49.7 Å². The van der Waals surface area contributed by atoms with Crippen LogP contribution in [0.15, 0.2) is 66.7 Å². The molecule has 0 unspecified atom stereocenters. The molecule has 1 N–H and O–H groups in total. The van der Waals surface area contributed by atoms with Gasteiger partial charge in [-0.05, 0) is 60.9 Å². The summed E-state index contributed by atoms with van der Waals surface area (Å²) in [6.45, 7) is 3.09. The molecule has 4 rings (SSSR count). The largest absolute Gasteiger partial charge is 0.378 e. The Morgan fingerprint density at radius 3 is 2.48 bits per heavy atom. The van der Waals surface area contributed by atoms with Crippen molar-refractivity contribution >= 4 is 23.2 Å². The van der Waals surface area contributed by atoms with Gasteiger partial charge in [-0.1, -0.05) is 35.9 Å². The quantitative estimate of drug-likeness (QED) is 0.682. The summed E-state index contributed by atoms with van der Waals surface area (Å²) < 4.78 is 0. The zero-order valence-corrected chi connectivity index (χ0v) is 18.2. The molecule has 0 bridgehead atoms. The van der Waals surface area contributed by atoms with Crippen LogP contribution >= 0.6 is 0 Å². The molecule has 3 aromatic rings. The van der Waals surface area contributed by atoms with Gasteiger partial charge in [-0.3, -0.25) is 9.59 Å². The highest BCUT2D eigenvalue weighted by atomic mass is 16.2. The smallest absolute Gasteiger partial charge is 0.258 e. The standard InChI is InChI=1S/C26H27N3O2/c1-18-7-10-21(11-8-18)26(31)29-14-13-20-12-9-19(15-24(20)29)17-27-25(30)22-5-4-6-23(16-22)28(2)3/h4-12,15-16H,13-14,17H2,1-3H3,(H,27,30). The lowest BCUT2D eigenvalue weighted by molar-refractivity contribution is 0.0949. The van der Waals surface area contributed by atoms with E-state index in [2.05, 4.69) is 11.4 Å². The van der Waals surface area contributed by atoms with E-state index in [1.807, 2.05) is 91.5 Å². The van der Waals surface area contributed by atoms with E-state index in [1.165, 1.54) is 0 Å². The Labute approximate surface area is 183 Å². The molecule has 31 heavy (non-hydrogen) atoms. The summed E-state index contributed by atoms with van der Waals surface area (Å²) >= 11 is 0. The van der Waals surface area contributed by atoms with E-state index < -0.39 is 0 Å². The predicted molar refractivity (Wildman–Crippen MR) is 125 cm³/mol. The van der Waals surface area contributed by atoms with Crippen LogP contribution in [0.1, 0.15) is 37.4 Å². The number of anilines is 2. The van der Waals surface area contributed by atoms with Gasteiger partial charge in [0.15, 0.2) is 0 Å². The number of benzene rings is 3. The summed E-state index contributed by atoms with van der Waals surface area (Å²) in [5, 5.41) is 2.99. The third-order valence-electron chi connectivity index (χ3n) is 5.67. The molecule has 1 heterocycles. The van der Waals surface area contributed by atoms with E-state index in [4.69, 9.17) is 0 Å². The van der Waals surface area contributed by atoms with E-state index in [0.29, 0.717) is 24.2 Å². The van der Waals surface area contributed by atoms with Gasteiger partial charge in [0.05, 0.1) is 0 Å². The lowest BCUT2D eigenvalue weighted by Gasteiger charge is -2.18. The molecular weight excluding hydrogens is 386 g/mol. The maximum atomic E-state index is 13.0. The minimum absolute atomic E-state index is 0.0143. The van der Waals surface area contributed by atoms with Gasteiger partial charge in [-0.2, -0.15) is 0 Å². The molecular formula is C26H27N3O2. The number of carbonyl (C=O) groups excluding carboxylic acids is 2. The van der Waals surface area contributed by atoms with E-state index >= 15 is 0 Å². The van der Waals surface area contributed by atoms with Gasteiger partial charge in [0.25, 0.3) is 11.8 Å². The van der Waals surface area contributed by atoms with Gasteiger partial charge >= 0.3 is 0 Å². The van der Waals surface area contributed by atoms with Crippen LogP contribution in [0.5, 0.6) is 0 Å². The minimum atomic E-state index is -0.114. The number of amides is 2. The van der Waals surface area contributed by atoms with E-state index in [9.17, 15) is 9.59 Å². The Bertz CT molecular complexity index is 1120. The van der Waals surface area contributed by atoms with Gasteiger partial charge in [-0.15, -0.1) is 0 Å². The molecule has 3 aromatic carbocycles.